The number of aliphatic imine (C=N–C) groups is 2. The number of rotatable bonds is 9. The van der Waals surface area contributed by atoms with Crippen molar-refractivity contribution in [3.8, 4) is 61.3 Å². The first kappa shape index (κ1) is 47.5. The van der Waals surface area contributed by atoms with Crippen LogP contribution in [0.2, 0.25) is 0 Å². The quantitative estimate of drug-likeness (QED) is 0.154. The molecule has 1 N–H and O–H groups in total. The molecular weight excluding hydrogens is 1010 g/mol. The molecule has 0 radical (unpaired) electrons. The molecule has 0 spiro atoms. The lowest BCUT2D eigenvalue weighted by Crippen LogP contribution is -2.33. The van der Waals surface area contributed by atoms with Crippen molar-refractivity contribution in [2.75, 3.05) is 0 Å². The highest BCUT2D eigenvalue weighted by molar-refractivity contribution is 7.25. The van der Waals surface area contributed by atoms with Gasteiger partial charge >= 0.3 is 0 Å². The standard InChI is InChI=1S/C77H50N4S/c1-3-13-49(14-4-1)51-23-27-53(28-24-51)55-31-35-57(36-32-55)75-78-76(58-37-33-56(34-38-58)54-29-25-52(26-30-54)50-15-5-2-6-16-50)80-77(79-75)67-42-40-64(48-68(67)63-39-41-66-65-21-11-12-22-73(65)82-74(66)47-63)81-71-45-61-19-9-7-17-59(61)43-69(71)70-44-60-18-8-10-20-62(60)46-72(70)81/h1-48,77H,(H,78,79,80). The summed E-state index contributed by atoms with van der Waals surface area (Å²) in [5.74, 6) is 1.43. The Bertz CT molecular complexity index is 4920. The van der Waals surface area contributed by atoms with Crippen LogP contribution in [0.25, 0.3) is 125 Å². The fraction of sp³-hybridized carbons (Fsp3) is 0.0130. The second-order valence-electron chi connectivity index (χ2n) is 21.4. The molecule has 0 amide bonds. The van der Waals surface area contributed by atoms with Crippen molar-refractivity contribution in [1.82, 2.24) is 9.88 Å². The molecule has 0 saturated carbocycles. The van der Waals surface area contributed by atoms with Crippen LogP contribution < -0.4 is 5.32 Å². The van der Waals surface area contributed by atoms with Crippen LogP contribution in [0.5, 0.6) is 0 Å². The summed E-state index contributed by atoms with van der Waals surface area (Å²) in [6.07, 6.45) is -0.494. The van der Waals surface area contributed by atoms with Crippen LogP contribution in [0.15, 0.2) is 301 Å². The predicted octanol–water partition coefficient (Wildman–Crippen LogP) is 20.3. The molecule has 1 unspecified atom stereocenters. The van der Waals surface area contributed by atoms with Crippen molar-refractivity contribution in [3.05, 3.63) is 308 Å². The molecule has 2 aromatic heterocycles. The Balaban J connectivity index is 0.848. The van der Waals surface area contributed by atoms with Crippen LogP contribution in [-0.4, -0.2) is 16.2 Å². The first-order valence-corrected chi connectivity index (χ1v) is 28.8. The summed E-state index contributed by atoms with van der Waals surface area (Å²) < 4.78 is 5.00. The van der Waals surface area contributed by atoms with Gasteiger partial charge < -0.3 is 9.88 Å². The van der Waals surface area contributed by atoms with Crippen molar-refractivity contribution in [3.63, 3.8) is 0 Å². The number of nitrogens with one attached hydrogen (secondary N) is 1. The van der Waals surface area contributed by atoms with E-state index in [2.05, 4.69) is 301 Å². The molecule has 16 rings (SSSR count). The zero-order chi connectivity index (χ0) is 54.1. The van der Waals surface area contributed by atoms with E-state index in [1.54, 1.807) is 0 Å². The average molecular weight is 1060 g/mol. The Labute approximate surface area is 478 Å². The van der Waals surface area contributed by atoms with Crippen LogP contribution >= 0.6 is 11.3 Å². The molecule has 82 heavy (non-hydrogen) atoms. The van der Waals surface area contributed by atoms with Crippen LogP contribution in [0, 0.1) is 0 Å². The van der Waals surface area contributed by atoms with Crippen molar-refractivity contribution >= 4 is 86.5 Å². The molecule has 0 saturated heterocycles. The summed E-state index contributed by atoms with van der Waals surface area (Å²) in [7, 11) is 0. The molecule has 0 fully saturated rings. The van der Waals surface area contributed by atoms with Gasteiger partial charge in [-0.25, -0.2) is 9.98 Å². The fourth-order valence-corrected chi connectivity index (χ4v) is 13.4. The van der Waals surface area contributed by atoms with E-state index in [0.717, 1.165) is 61.6 Å². The SMILES string of the molecule is c1ccc(-c2ccc(-c3ccc(C4=NC(c5ccc(-n6c7cc8ccccc8cc7c7cc8ccccc8cc76)cc5-c5ccc6c(c5)sc5ccccc56)NC(c5ccc(-c6ccc(-c7ccccc7)cc6)cc5)=N4)cc3)cc2)cc1. The van der Waals surface area contributed by atoms with Crippen LogP contribution in [0.1, 0.15) is 22.9 Å². The number of benzene rings is 13. The minimum atomic E-state index is -0.494. The summed E-state index contributed by atoms with van der Waals surface area (Å²) in [5.41, 5.74) is 18.0. The molecule has 5 heteroatoms. The third-order valence-electron chi connectivity index (χ3n) is 16.5. The van der Waals surface area contributed by atoms with Gasteiger partial charge in [-0.15, -0.1) is 11.3 Å². The minimum Gasteiger partial charge on any atom is -0.344 e. The van der Waals surface area contributed by atoms with Gasteiger partial charge in [-0.2, -0.15) is 0 Å². The van der Waals surface area contributed by atoms with Crippen LogP contribution in [0.3, 0.4) is 0 Å². The first-order valence-electron chi connectivity index (χ1n) is 28.0. The number of fused-ring (bicyclic) bond motifs is 8. The number of nitrogens with zero attached hydrogens (tertiary/aromatic N) is 3. The molecule has 4 nitrogen and oxygen atoms in total. The van der Waals surface area contributed by atoms with E-state index < -0.39 is 6.17 Å². The molecule has 15 aromatic rings. The molecule has 3 heterocycles. The van der Waals surface area contributed by atoms with E-state index in [9.17, 15) is 0 Å². The molecule has 1 aliphatic heterocycles. The van der Waals surface area contributed by atoms with E-state index in [4.69, 9.17) is 9.98 Å². The van der Waals surface area contributed by atoms with Gasteiger partial charge in [0.25, 0.3) is 0 Å². The zero-order valence-corrected chi connectivity index (χ0v) is 45.4. The topological polar surface area (TPSA) is 41.7 Å². The number of aromatic nitrogens is 1. The molecule has 13 aromatic carbocycles. The average Bonchev–Trinajstić information content (AvgIpc) is 4.26. The Morgan fingerprint density at radius 1 is 0.317 bits per heavy atom. The maximum Gasteiger partial charge on any atom is 0.159 e. The fourth-order valence-electron chi connectivity index (χ4n) is 12.2. The summed E-state index contributed by atoms with van der Waals surface area (Å²) in [6, 6.07) is 106. The largest absolute Gasteiger partial charge is 0.344 e. The van der Waals surface area contributed by atoms with Gasteiger partial charge in [-0.3, -0.25) is 0 Å². The second-order valence-corrected chi connectivity index (χ2v) is 22.4. The highest BCUT2D eigenvalue weighted by Gasteiger charge is 2.26. The molecule has 0 bridgehead atoms. The summed E-state index contributed by atoms with van der Waals surface area (Å²) in [6.45, 7) is 0. The van der Waals surface area contributed by atoms with E-state index in [-0.39, 0.29) is 0 Å². The Morgan fingerprint density at radius 3 is 1.28 bits per heavy atom. The van der Waals surface area contributed by atoms with E-state index >= 15 is 0 Å². The Morgan fingerprint density at radius 2 is 0.744 bits per heavy atom. The monoisotopic (exact) mass is 1060 g/mol. The highest BCUT2D eigenvalue weighted by Crippen LogP contribution is 2.43. The normalized spacial score (nSPS) is 13.5. The molecule has 384 valence electrons. The predicted molar refractivity (Wildman–Crippen MR) is 348 cm³/mol. The second kappa shape index (κ2) is 19.7. The molecule has 1 aliphatic rings. The van der Waals surface area contributed by atoms with Gasteiger partial charge in [0.1, 0.15) is 12.0 Å². The van der Waals surface area contributed by atoms with Crippen LogP contribution in [-0.2, 0) is 0 Å². The smallest absolute Gasteiger partial charge is 0.159 e. The first-order chi connectivity index (χ1) is 40.6. The number of hydrogen-bond acceptors (Lipinski definition) is 4. The van der Waals surface area contributed by atoms with Gasteiger partial charge in [0.15, 0.2) is 5.84 Å². The number of thiophene rings is 1. The lowest BCUT2D eigenvalue weighted by Gasteiger charge is -2.26. The maximum absolute atomic E-state index is 5.60. The van der Waals surface area contributed by atoms with E-state index in [1.165, 1.54) is 85.8 Å². The third kappa shape index (κ3) is 8.46. The molecular formula is C77H50N4S. The van der Waals surface area contributed by atoms with Crippen LogP contribution in [0.4, 0.5) is 0 Å². The van der Waals surface area contributed by atoms with Gasteiger partial charge in [0.05, 0.1) is 11.0 Å². The van der Waals surface area contributed by atoms with Crippen molar-refractivity contribution in [2.45, 2.75) is 6.17 Å². The lowest BCUT2D eigenvalue weighted by molar-refractivity contribution is 0.675. The van der Waals surface area contributed by atoms with Crippen molar-refractivity contribution in [1.29, 1.82) is 0 Å². The van der Waals surface area contributed by atoms with Gasteiger partial charge in [-0.05, 0) is 126 Å². The molecule has 0 aliphatic carbocycles. The number of amidine groups is 2. The highest BCUT2D eigenvalue weighted by atomic mass is 32.1. The summed E-state index contributed by atoms with van der Waals surface area (Å²) >= 11 is 1.85. The third-order valence-corrected chi connectivity index (χ3v) is 17.6. The van der Waals surface area contributed by atoms with Crippen molar-refractivity contribution < 1.29 is 0 Å². The molecule has 1 atom stereocenters. The van der Waals surface area contributed by atoms with Gasteiger partial charge in [0, 0.05) is 53.3 Å². The van der Waals surface area contributed by atoms with Crippen molar-refractivity contribution in [2.24, 2.45) is 9.98 Å². The Kier molecular flexibility index (Phi) is 11.4. The summed E-state index contributed by atoms with van der Waals surface area (Å²) in [5, 5.41) is 13.8. The van der Waals surface area contributed by atoms with E-state index in [0.29, 0.717) is 5.84 Å². The van der Waals surface area contributed by atoms with E-state index in [1.807, 2.05) is 11.3 Å². The van der Waals surface area contributed by atoms with Gasteiger partial charge in [0.2, 0.25) is 0 Å². The Hall–Kier alpha value is -10.5. The summed E-state index contributed by atoms with van der Waals surface area (Å²) in [4.78, 5) is 11.0. The lowest BCUT2D eigenvalue weighted by atomic mass is 9.95. The minimum absolute atomic E-state index is 0.494. The maximum atomic E-state index is 5.60. The van der Waals surface area contributed by atoms with Gasteiger partial charge in [-0.1, -0.05) is 243 Å². The number of hydrogen-bond donors (Lipinski definition) is 1. The zero-order valence-electron chi connectivity index (χ0n) is 44.5.